The highest BCUT2D eigenvalue weighted by Gasteiger charge is 2.31. The molecule has 3 aromatic rings. The van der Waals surface area contributed by atoms with Gasteiger partial charge in [-0.3, -0.25) is 9.36 Å². The molecule has 0 aliphatic carbocycles. The Labute approximate surface area is 195 Å². The van der Waals surface area contributed by atoms with Crippen molar-refractivity contribution >= 4 is 44.1 Å². The highest BCUT2D eigenvalue weighted by Crippen LogP contribution is 2.27. The molecule has 1 amide bonds. The van der Waals surface area contributed by atoms with Crippen molar-refractivity contribution in [1.82, 2.24) is 13.9 Å². The minimum Gasteiger partial charge on any atom is -0.324 e. The molecule has 33 heavy (non-hydrogen) atoms. The zero-order chi connectivity index (χ0) is 23.8. The smallest absolute Gasteiger partial charge is 0.324 e. The van der Waals surface area contributed by atoms with Crippen molar-refractivity contribution in [3.05, 3.63) is 63.9 Å². The number of carbonyl (C=O) groups excluding carboxylic acids is 1. The number of anilines is 1. The Morgan fingerprint density at radius 1 is 1.24 bits per heavy atom. The molecule has 2 heterocycles. The molecule has 0 spiro atoms. The number of benzene rings is 2. The molecule has 1 aliphatic rings. The lowest BCUT2D eigenvalue weighted by Gasteiger charge is -2.32. The molecule has 174 valence electrons. The number of nitrogens with one attached hydrogen (secondary N) is 1. The summed E-state index contributed by atoms with van der Waals surface area (Å²) in [6.45, 7) is 1.99. The second-order valence-corrected chi connectivity index (χ2v) is 10.3. The lowest BCUT2D eigenvalue weighted by molar-refractivity contribution is -0.116. The topological polar surface area (TPSA) is 101 Å². The Morgan fingerprint density at radius 2 is 2.03 bits per heavy atom. The van der Waals surface area contributed by atoms with E-state index in [2.05, 4.69) is 10.3 Å². The number of carbonyl (C=O) groups is 1. The van der Waals surface area contributed by atoms with E-state index >= 15 is 0 Å². The quantitative estimate of drug-likeness (QED) is 0.588. The first-order chi connectivity index (χ1) is 15.7. The van der Waals surface area contributed by atoms with E-state index in [9.17, 15) is 22.4 Å². The van der Waals surface area contributed by atoms with E-state index in [1.807, 2.05) is 6.92 Å². The van der Waals surface area contributed by atoms with Crippen molar-refractivity contribution in [2.75, 3.05) is 11.9 Å². The average Bonchev–Trinajstić information content (AvgIpc) is 2.78. The number of halogens is 2. The summed E-state index contributed by atoms with van der Waals surface area (Å²) in [5.41, 5.74) is -0.0142. The predicted octanol–water partition coefficient (Wildman–Crippen LogP) is 3.39. The van der Waals surface area contributed by atoms with Gasteiger partial charge in [0, 0.05) is 29.9 Å². The number of rotatable bonds is 5. The Morgan fingerprint density at radius 3 is 2.76 bits per heavy atom. The lowest BCUT2D eigenvalue weighted by Crippen LogP contribution is -2.41. The Balaban J connectivity index is 1.63. The Bertz CT molecular complexity index is 1390. The Kier molecular flexibility index (Phi) is 6.51. The van der Waals surface area contributed by atoms with Crippen LogP contribution in [-0.4, -0.2) is 40.8 Å². The number of nitrogens with zero attached hydrogens (tertiary/aromatic N) is 3. The van der Waals surface area contributed by atoms with E-state index < -0.39 is 27.4 Å². The number of aromatic nitrogens is 2. The Hall–Kier alpha value is -2.82. The van der Waals surface area contributed by atoms with Crippen LogP contribution in [0.1, 0.15) is 26.2 Å². The predicted molar refractivity (Wildman–Crippen MR) is 123 cm³/mol. The fraction of sp³-hybridized carbons (Fsp3) is 0.318. The van der Waals surface area contributed by atoms with E-state index in [-0.39, 0.29) is 28.2 Å². The number of amides is 1. The van der Waals surface area contributed by atoms with Gasteiger partial charge in [-0.05, 0) is 56.2 Å². The summed E-state index contributed by atoms with van der Waals surface area (Å²) < 4.78 is 42.3. The molecule has 4 rings (SSSR count). The first-order valence-electron chi connectivity index (χ1n) is 10.4. The molecule has 0 saturated carbocycles. The third kappa shape index (κ3) is 4.78. The largest absolute Gasteiger partial charge is 0.348 e. The summed E-state index contributed by atoms with van der Waals surface area (Å²) in [4.78, 5) is 28.8. The third-order valence-corrected chi connectivity index (χ3v) is 7.99. The monoisotopic (exact) mass is 492 g/mol. The van der Waals surface area contributed by atoms with Crippen molar-refractivity contribution in [1.29, 1.82) is 0 Å². The number of hydrogen-bond donors (Lipinski definition) is 1. The summed E-state index contributed by atoms with van der Waals surface area (Å²) in [7, 11) is -3.70. The van der Waals surface area contributed by atoms with Crippen LogP contribution in [0.5, 0.6) is 0 Å². The zero-order valence-corrected chi connectivity index (χ0v) is 19.4. The number of piperidine rings is 1. The number of hydrogen-bond acceptors (Lipinski definition) is 5. The van der Waals surface area contributed by atoms with Crippen molar-refractivity contribution in [3.8, 4) is 0 Å². The van der Waals surface area contributed by atoms with Crippen molar-refractivity contribution in [2.45, 2.75) is 43.7 Å². The highest BCUT2D eigenvalue weighted by atomic mass is 35.5. The summed E-state index contributed by atoms with van der Waals surface area (Å²) in [6.07, 6.45) is 3.91. The van der Waals surface area contributed by atoms with Crippen LogP contribution in [-0.2, 0) is 21.4 Å². The van der Waals surface area contributed by atoms with Gasteiger partial charge < -0.3 is 5.32 Å². The van der Waals surface area contributed by atoms with Gasteiger partial charge in [-0.25, -0.2) is 22.6 Å². The third-order valence-electron chi connectivity index (χ3n) is 5.69. The van der Waals surface area contributed by atoms with Crippen LogP contribution < -0.4 is 11.0 Å². The minimum atomic E-state index is -3.70. The van der Waals surface area contributed by atoms with E-state index in [1.165, 1.54) is 40.8 Å². The van der Waals surface area contributed by atoms with Gasteiger partial charge in [0.2, 0.25) is 15.9 Å². The van der Waals surface area contributed by atoms with Crippen LogP contribution in [0.15, 0.2) is 52.3 Å². The van der Waals surface area contributed by atoms with Crippen LogP contribution >= 0.6 is 11.6 Å². The van der Waals surface area contributed by atoms with Gasteiger partial charge in [-0.2, -0.15) is 4.31 Å². The molecule has 1 aromatic heterocycles. The first kappa shape index (κ1) is 23.3. The average molecular weight is 493 g/mol. The number of fused-ring (bicyclic) bond motifs is 1. The maximum absolute atomic E-state index is 13.3. The molecular weight excluding hydrogens is 471 g/mol. The second kappa shape index (κ2) is 9.20. The zero-order valence-electron chi connectivity index (χ0n) is 17.8. The molecule has 8 nitrogen and oxygen atoms in total. The number of sulfonamides is 1. The molecule has 1 aliphatic heterocycles. The lowest BCUT2D eigenvalue weighted by atomic mass is 10.1. The summed E-state index contributed by atoms with van der Waals surface area (Å²) in [5.74, 6) is -1.17. The van der Waals surface area contributed by atoms with Crippen LogP contribution in [0.2, 0.25) is 5.02 Å². The molecule has 0 radical (unpaired) electrons. The first-order valence-corrected chi connectivity index (χ1v) is 12.2. The van der Waals surface area contributed by atoms with E-state index in [0.717, 1.165) is 29.9 Å². The molecule has 0 bridgehead atoms. The molecule has 1 fully saturated rings. The molecule has 2 aromatic carbocycles. The fourth-order valence-electron chi connectivity index (χ4n) is 3.97. The highest BCUT2D eigenvalue weighted by molar-refractivity contribution is 7.89. The molecule has 0 unspecified atom stereocenters. The van der Waals surface area contributed by atoms with Gasteiger partial charge in [0.1, 0.15) is 12.4 Å². The maximum Gasteiger partial charge on any atom is 0.348 e. The van der Waals surface area contributed by atoms with Crippen molar-refractivity contribution in [3.63, 3.8) is 0 Å². The normalized spacial score (nSPS) is 17.2. The second-order valence-electron chi connectivity index (χ2n) is 7.99. The summed E-state index contributed by atoms with van der Waals surface area (Å²) >= 11 is 5.73. The standard InChI is InChI=1S/C22H22ClFN4O4S/c1-14-4-2-3-9-28(14)33(31,32)17-6-8-20-15(10-17)12-25-22(30)27(20)13-21(29)26-16-5-7-19(24)18(23)11-16/h5-8,10-12,14H,2-4,9,13H2,1H3,(H,26,29)/t14-/m1/s1. The minimum absolute atomic E-state index is 0.0878. The maximum atomic E-state index is 13.3. The van der Waals surface area contributed by atoms with Gasteiger partial charge in [-0.1, -0.05) is 18.0 Å². The van der Waals surface area contributed by atoms with Gasteiger partial charge in [0.05, 0.1) is 15.4 Å². The van der Waals surface area contributed by atoms with Crippen LogP contribution in [0, 0.1) is 5.82 Å². The summed E-state index contributed by atoms with van der Waals surface area (Å²) in [5, 5.41) is 2.82. The van der Waals surface area contributed by atoms with Gasteiger partial charge in [0.15, 0.2) is 0 Å². The van der Waals surface area contributed by atoms with Crippen molar-refractivity contribution < 1.29 is 17.6 Å². The van der Waals surface area contributed by atoms with E-state index in [1.54, 1.807) is 0 Å². The molecule has 1 atom stereocenters. The fourth-order valence-corrected chi connectivity index (χ4v) is 5.89. The van der Waals surface area contributed by atoms with Gasteiger partial charge in [0.25, 0.3) is 0 Å². The molecule has 11 heteroatoms. The van der Waals surface area contributed by atoms with Gasteiger partial charge >= 0.3 is 5.69 Å². The van der Waals surface area contributed by atoms with Crippen LogP contribution in [0.4, 0.5) is 10.1 Å². The SMILES string of the molecule is C[C@@H]1CCCCN1S(=O)(=O)c1ccc2c(cnc(=O)n2CC(=O)Nc2ccc(F)c(Cl)c2)c1. The molecule has 1 N–H and O–H groups in total. The molecule has 1 saturated heterocycles. The van der Waals surface area contributed by atoms with E-state index in [0.29, 0.717) is 17.4 Å². The molecular formula is C22H22ClFN4O4S. The van der Waals surface area contributed by atoms with Crippen LogP contribution in [0.25, 0.3) is 10.9 Å². The van der Waals surface area contributed by atoms with Gasteiger partial charge in [-0.15, -0.1) is 0 Å². The van der Waals surface area contributed by atoms with Crippen molar-refractivity contribution in [2.24, 2.45) is 0 Å². The van der Waals surface area contributed by atoms with E-state index in [4.69, 9.17) is 11.6 Å². The van der Waals surface area contributed by atoms with Crippen LogP contribution in [0.3, 0.4) is 0 Å². The summed E-state index contributed by atoms with van der Waals surface area (Å²) in [6, 6.07) is 8.05.